The number of nitro groups is 1. The SMILES string of the molecule is O=C(Nc1ccn(Cc2ccc(Br)cc2)n1)c1cc(Cn2ccc([N+](=O)[O-])n2)cs1. The summed E-state index contributed by atoms with van der Waals surface area (Å²) in [5, 5.41) is 23.6. The molecule has 0 saturated heterocycles. The van der Waals surface area contributed by atoms with Crippen LogP contribution in [0, 0.1) is 10.1 Å². The second-order valence-corrected chi connectivity index (χ2v) is 8.25. The second-order valence-electron chi connectivity index (χ2n) is 6.43. The highest BCUT2D eigenvalue weighted by Crippen LogP contribution is 2.18. The van der Waals surface area contributed by atoms with Crippen LogP contribution in [0.15, 0.2) is 64.7 Å². The zero-order valence-electron chi connectivity index (χ0n) is 15.4. The molecule has 4 aromatic rings. The lowest BCUT2D eigenvalue weighted by Crippen LogP contribution is -2.11. The van der Waals surface area contributed by atoms with Gasteiger partial charge in [-0.15, -0.1) is 11.3 Å². The standard InChI is InChI=1S/C19H15BrN6O3S/c20-15-3-1-13(2-4-15)10-24-7-5-17(22-24)21-19(27)16-9-14(12-30-16)11-25-8-6-18(23-25)26(28)29/h1-9,12H,10-11H2,(H,21,22,27). The van der Waals surface area contributed by atoms with Gasteiger partial charge in [0.25, 0.3) is 5.91 Å². The lowest BCUT2D eigenvalue weighted by atomic mass is 10.2. The van der Waals surface area contributed by atoms with Crippen LogP contribution >= 0.6 is 27.3 Å². The van der Waals surface area contributed by atoms with Crippen LogP contribution in [0.1, 0.15) is 20.8 Å². The second kappa shape index (κ2) is 8.59. The average Bonchev–Trinajstić information content (AvgIpc) is 3.46. The Kier molecular flexibility index (Phi) is 5.72. The maximum absolute atomic E-state index is 12.5. The Hall–Kier alpha value is -3.31. The first-order valence-electron chi connectivity index (χ1n) is 8.81. The van der Waals surface area contributed by atoms with Crippen LogP contribution in [0.2, 0.25) is 0 Å². The molecule has 0 unspecified atom stereocenters. The molecule has 1 N–H and O–H groups in total. The van der Waals surface area contributed by atoms with E-state index in [0.29, 0.717) is 23.8 Å². The number of rotatable bonds is 7. The number of carbonyl (C=O) groups excluding carboxylic acids is 1. The van der Waals surface area contributed by atoms with E-state index in [2.05, 4.69) is 31.4 Å². The third kappa shape index (κ3) is 4.81. The van der Waals surface area contributed by atoms with Gasteiger partial charge < -0.3 is 15.4 Å². The number of hydrogen-bond donors (Lipinski definition) is 1. The summed E-state index contributed by atoms with van der Waals surface area (Å²) >= 11 is 4.70. The molecule has 0 saturated carbocycles. The molecule has 0 aliphatic carbocycles. The molecule has 1 amide bonds. The van der Waals surface area contributed by atoms with Gasteiger partial charge in [-0.1, -0.05) is 28.1 Å². The number of amides is 1. The first-order valence-corrected chi connectivity index (χ1v) is 10.5. The number of halogens is 1. The summed E-state index contributed by atoms with van der Waals surface area (Å²) in [6.45, 7) is 0.946. The number of hydrogen-bond acceptors (Lipinski definition) is 6. The molecule has 9 nitrogen and oxygen atoms in total. The number of nitrogens with zero attached hydrogens (tertiary/aromatic N) is 5. The lowest BCUT2D eigenvalue weighted by molar-refractivity contribution is -0.389. The summed E-state index contributed by atoms with van der Waals surface area (Å²) < 4.78 is 4.23. The monoisotopic (exact) mass is 486 g/mol. The van der Waals surface area contributed by atoms with Crippen molar-refractivity contribution in [3.8, 4) is 0 Å². The van der Waals surface area contributed by atoms with Gasteiger partial charge in [-0.25, -0.2) is 0 Å². The van der Waals surface area contributed by atoms with Crippen molar-refractivity contribution < 1.29 is 9.72 Å². The van der Waals surface area contributed by atoms with Crippen LogP contribution < -0.4 is 5.32 Å². The van der Waals surface area contributed by atoms with Crippen molar-refractivity contribution in [1.82, 2.24) is 19.6 Å². The summed E-state index contributed by atoms with van der Waals surface area (Å²) in [7, 11) is 0. The van der Waals surface area contributed by atoms with Crippen LogP contribution in [0.3, 0.4) is 0 Å². The van der Waals surface area contributed by atoms with E-state index in [1.165, 1.54) is 28.3 Å². The Labute approximate surface area is 183 Å². The van der Waals surface area contributed by atoms with Crippen molar-refractivity contribution in [1.29, 1.82) is 0 Å². The van der Waals surface area contributed by atoms with Crippen LogP contribution in [-0.2, 0) is 13.1 Å². The van der Waals surface area contributed by atoms with Crippen molar-refractivity contribution >= 4 is 44.8 Å². The maximum Gasteiger partial charge on any atom is 0.389 e. The Morgan fingerprint density at radius 2 is 1.77 bits per heavy atom. The number of carbonyl (C=O) groups is 1. The summed E-state index contributed by atoms with van der Waals surface area (Å²) in [5.74, 6) is 0.00303. The van der Waals surface area contributed by atoms with Crippen LogP contribution in [0.4, 0.5) is 11.6 Å². The fourth-order valence-electron chi connectivity index (χ4n) is 2.77. The molecule has 0 radical (unpaired) electrons. The number of thiophene rings is 1. The summed E-state index contributed by atoms with van der Waals surface area (Å²) in [5.41, 5.74) is 1.94. The van der Waals surface area contributed by atoms with Crippen molar-refractivity contribution in [2.45, 2.75) is 13.1 Å². The molecule has 0 fully saturated rings. The Morgan fingerprint density at radius 1 is 1.07 bits per heavy atom. The van der Waals surface area contributed by atoms with Crippen molar-refractivity contribution in [3.05, 3.63) is 90.8 Å². The van der Waals surface area contributed by atoms with Gasteiger partial charge in [0.05, 0.1) is 35.3 Å². The Bertz CT molecular complexity index is 1200. The quantitative estimate of drug-likeness (QED) is 0.311. The minimum absolute atomic E-state index is 0.207. The molecule has 0 atom stereocenters. The lowest BCUT2D eigenvalue weighted by Gasteiger charge is -2.02. The minimum atomic E-state index is -0.543. The largest absolute Gasteiger partial charge is 0.389 e. The van der Waals surface area contributed by atoms with Crippen LogP contribution in [0.25, 0.3) is 0 Å². The zero-order valence-corrected chi connectivity index (χ0v) is 17.8. The first kappa shape index (κ1) is 20.0. The van der Waals surface area contributed by atoms with Gasteiger partial charge in [0.15, 0.2) is 5.82 Å². The molecule has 0 spiro atoms. The van der Waals surface area contributed by atoms with Gasteiger partial charge in [0.2, 0.25) is 0 Å². The van der Waals surface area contributed by atoms with E-state index in [1.807, 2.05) is 35.8 Å². The van der Waals surface area contributed by atoms with Gasteiger partial charge in [0.1, 0.15) is 0 Å². The number of anilines is 1. The molecule has 0 bridgehead atoms. The Balaban J connectivity index is 1.36. The molecule has 152 valence electrons. The molecule has 4 rings (SSSR count). The van der Waals surface area contributed by atoms with E-state index < -0.39 is 4.92 Å². The average molecular weight is 487 g/mol. The summed E-state index contributed by atoms with van der Waals surface area (Å²) in [6.07, 6.45) is 3.34. The molecule has 30 heavy (non-hydrogen) atoms. The number of aromatic nitrogens is 4. The van der Waals surface area contributed by atoms with Gasteiger partial charge >= 0.3 is 5.82 Å². The smallest absolute Gasteiger partial charge is 0.358 e. The molecule has 0 aliphatic rings. The molecule has 11 heteroatoms. The highest BCUT2D eigenvalue weighted by atomic mass is 79.9. The fraction of sp³-hybridized carbons (Fsp3) is 0.105. The summed E-state index contributed by atoms with van der Waals surface area (Å²) in [6, 6.07) is 12.8. The molecular weight excluding hydrogens is 472 g/mol. The fourth-order valence-corrected chi connectivity index (χ4v) is 3.83. The molecular formula is C19H15BrN6O3S. The third-order valence-corrected chi connectivity index (χ3v) is 5.68. The number of benzene rings is 1. The highest BCUT2D eigenvalue weighted by Gasteiger charge is 2.14. The highest BCUT2D eigenvalue weighted by molar-refractivity contribution is 9.10. The van der Waals surface area contributed by atoms with Crippen molar-refractivity contribution in [2.75, 3.05) is 5.32 Å². The minimum Gasteiger partial charge on any atom is -0.358 e. The third-order valence-electron chi connectivity index (χ3n) is 4.18. The van der Waals surface area contributed by atoms with Gasteiger partial charge in [-0.05, 0) is 39.6 Å². The van der Waals surface area contributed by atoms with E-state index in [0.717, 1.165) is 15.6 Å². The maximum atomic E-state index is 12.5. The normalized spacial score (nSPS) is 10.8. The van der Waals surface area contributed by atoms with E-state index in [4.69, 9.17) is 0 Å². The predicted octanol–water partition coefficient (Wildman–Crippen LogP) is 4.16. The Morgan fingerprint density at radius 3 is 2.50 bits per heavy atom. The molecule has 3 aromatic heterocycles. The van der Waals surface area contributed by atoms with Gasteiger partial charge in [-0.3, -0.25) is 9.48 Å². The summed E-state index contributed by atoms with van der Waals surface area (Å²) in [4.78, 5) is 23.2. The molecule has 3 heterocycles. The predicted molar refractivity (Wildman–Crippen MR) is 116 cm³/mol. The number of nitrogens with one attached hydrogen (secondary N) is 1. The zero-order chi connectivity index (χ0) is 21.1. The van der Waals surface area contributed by atoms with Gasteiger partial charge in [0, 0.05) is 16.7 Å². The molecule has 1 aromatic carbocycles. The van der Waals surface area contributed by atoms with E-state index in [-0.39, 0.29) is 11.7 Å². The van der Waals surface area contributed by atoms with Gasteiger partial charge in [-0.2, -0.15) is 9.78 Å². The van der Waals surface area contributed by atoms with E-state index in [9.17, 15) is 14.9 Å². The topological polar surface area (TPSA) is 108 Å². The molecule has 0 aliphatic heterocycles. The van der Waals surface area contributed by atoms with Crippen molar-refractivity contribution in [2.24, 2.45) is 0 Å². The van der Waals surface area contributed by atoms with E-state index >= 15 is 0 Å². The van der Waals surface area contributed by atoms with Crippen molar-refractivity contribution in [3.63, 3.8) is 0 Å². The first-order chi connectivity index (χ1) is 14.5. The van der Waals surface area contributed by atoms with Crippen LogP contribution in [0.5, 0.6) is 0 Å². The van der Waals surface area contributed by atoms with E-state index in [1.54, 1.807) is 16.8 Å². The van der Waals surface area contributed by atoms with Crippen LogP contribution in [-0.4, -0.2) is 30.4 Å².